The zero-order valence-electron chi connectivity index (χ0n) is 18.8. The Hall–Kier alpha value is -2.77. The molecule has 0 spiro atoms. The highest BCUT2D eigenvalue weighted by Gasteiger charge is 2.41. The van der Waals surface area contributed by atoms with Gasteiger partial charge in [0.05, 0.1) is 17.8 Å². The molecule has 31 heavy (non-hydrogen) atoms. The summed E-state index contributed by atoms with van der Waals surface area (Å²) in [5.41, 5.74) is 5.76. The molecule has 0 radical (unpaired) electrons. The van der Waals surface area contributed by atoms with Crippen molar-refractivity contribution in [1.29, 1.82) is 0 Å². The van der Waals surface area contributed by atoms with Crippen LogP contribution in [0, 0.1) is 20.8 Å². The first-order valence-corrected chi connectivity index (χ1v) is 11.0. The predicted octanol–water partition coefficient (Wildman–Crippen LogP) is 3.73. The number of hydrogen-bond donors (Lipinski definition) is 1. The lowest BCUT2D eigenvalue weighted by Crippen LogP contribution is -2.35. The van der Waals surface area contributed by atoms with Crippen molar-refractivity contribution in [3.63, 3.8) is 0 Å². The van der Waals surface area contributed by atoms with Gasteiger partial charge in [-0.15, -0.1) is 0 Å². The third-order valence-electron chi connectivity index (χ3n) is 5.97. The van der Waals surface area contributed by atoms with E-state index >= 15 is 0 Å². The number of rotatable bonds is 6. The van der Waals surface area contributed by atoms with Crippen molar-refractivity contribution in [2.24, 2.45) is 0 Å². The third kappa shape index (κ3) is 4.07. The van der Waals surface area contributed by atoms with Crippen molar-refractivity contribution in [3.8, 4) is 5.82 Å². The van der Waals surface area contributed by atoms with E-state index in [4.69, 9.17) is 12.2 Å². The van der Waals surface area contributed by atoms with E-state index in [0.717, 1.165) is 35.3 Å². The summed E-state index contributed by atoms with van der Waals surface area (Å²) in [6.45, 7) is 8.19. The Bertz CT molecular complexity index is 1070. The number of aryl methyl sites for hydroxylation is 2. The van der Waals surface area contributed by atoms with Crippen LogP contribution in [0.15, 0.2) is 48.8 Å². The topological polar surface area (TPSA) is 49.2 Å². The van der Waals surface area contributed by atoms with Crippen LogP contribution in [-0.4, -0.2) is 56.6 Å². The lowest BCUT2D eigenvalue weighted by atomic mass is 9.97. The van der Waals surface area contributed by atoms with Crippen LogP contribution in [0.2, 0.25) is 0 Å². The number of thiocarbonyl (C=S) groups is 1. The summed E-state index contributed by atoms with van der Waals surface area (Å²) in [6, 6.07) is 12.5. The van der Waals surface area contributed by atoms with E-state index < -0.39 is 0 Å². The van der Waals surface area contributed by atoms with Gasteiger partial charge in [-0.25, -0.2) is 4.98 Å². The van der Waals surface area contributed by atoms with E-state index in [1.807, 2.05) is 30.6 Å². The van der Waals surface area contributed by atoms with Gasteiger partial charge in [0.15, 0.2) is 5.11 Å². The summed E-state index contributed by atoms with van der Waals surface area (Å²) in [6.07, 6.45) is 3.70. The van der Waals surface area contributed by atoms with Gasteiger partial charge in [0.25, 0.3) is 0 Å². The maximum atomic E-state index is 5.79. The number of nitrogens with zero attached hydrogens (tertiary/aromatic N) is 5. The molecule has 3 aromatic heterocycles. The highest BCUT2D eigenvalue weighted by atomic mass is 32.1. The average Bonchev–Trinajstić information content (AvgIpc) is 3.23. The molecule has 1 saturated heterocycles. The first-order chi connectivity index (χ1) is 14.9. The molecule has 6 nitrogen and oxygen atoms in total. The zero-order valence-corrected chi connectivity index (χ0v) is 19.6. The van der Waals surface area contributed by atoms with E-state index in [1.165, 1.54) is 17.0 Å². The minimum Gasteiger partial charge on any atom is -0.352 e. The second kappa shape index (κ2) is 8.77. The fourth-order valence-electron chi connectivity index (χ4n) is 4.42. The van der Waals surface area contributed by atoms with Gasteiger partial charge in [-0.1, -0.05) is 12.1 Å². The molecule has 0 bridgehead atoms. The molecule has 0 amide bonds. The fraction of sp³-hybridized carbons (Fsp3) is 0.375. The van der Waals surface area contributed by atoms with Crippen LogP contribution < -0.4 is 5.32 Å². The molecule has 0 saturated carbocycles. The Kier molecular flexibility index (Phi) is 6.07. The van der Waals surface area contributed by atoms with Crippen molar-refractivity contribution < 1.29 is 0 Å². The van der Waals surface area contributed by atoms with E-state index in [0.29, 0.717) is 0 Å². The summed E-state index contributed by atoms with van der Waals surface area (Å²) < 4.78 is 2.26. The second-order valence-corrected chi connectivity index (χ2v) is 8.82. The van der Waals surface area contributed by atoms with Crippen LogP contribution >= 0.6 is 12.2 Å². The predicted molar refractivity (Wildman–Crippen MR) is 128 cm³/mol. The van der Waals surface area contributed by atoms with Crippen LogP contribution in [0.25, 0.3) is 5.82 Å². The van der Waals surface area contributed by atoms with Crippen LogP contribution in [0.5, 0.6) is 0 Å². The molecule has 1 N–H and O–H groups in total. The maximum Gasteiger partial charge on any atom is 0.170 e. The van der Waals surface area contributed by atoms with Gasteiger partial charge in [0.1, 0.15) is 5.82 Å². The number of hydrogen-bond acceptors (Lipinski definition) is 4. The molecule has 0 unspecified atom stereocenters. The van der Waals surface area contributed by atoms with Crippen molar-refractivity contribution in [2.75, 3.05) is 27.2 Å². The largest absolute Gasteiger partial charge is 0.352 e. The van der Waals surface area contributed by atoms with Crippen molar-refractivity contribution in [3.05, 3.63) is 77.0 Å². The molecule has 1 aliphatic rings. The molecule has 0 aliphatic carbocycles. The second-order valence-electron chi connectivity index (χ2n) is 8.43. The Labute approximate surface area is 189 Å². The van der Waals surface area contributed by atoms with E-state index in [-0.39, 0.29) is 12.1 Å². The van der Waals surface area contributed by atoms with Gasteiger partial charge in [0.2, 0.25) is 0 Å². The molecule has 2 atom stereocenters. The standard InChI is InChI=1S/C24H30N6S/c1-16-9-8-12-26-23(16)30-17(2)15-19(18(30)3)22-21(20-10-6-7-11-25-20)27-24(31)29(22)14-13-28(4)5/h6-12,15,21-22H,13-14H2,1-5H3,(H,27,31)/t21-,22+/m0/s1. The molecule has 0 aromatic carbocycles. The molecule has 1 aliphatic heterocycles. The Balaban J connectivity index is 1.82. The number of likely N-dealkylation sites (N-methyl/N-ethyl adjacent to an activating group) is 1. The summed E-state index contributed by atoms with van der Waals surface area (Å²) in [5.74, 6) is 0.978. The highest BCUT2D eigenvalue weighted by molar-refractivity contribution is 7.80. The smallest absolute Gasteiger partial charge is 0.170 e. The lowest BCUT2D eigenvalue weighted by Gasteiger charge is -2.29. The molecule has 4 rings (SSSR count). The molecule has 7 heteroatoms. The summed E-state index contributed by atoms with van der Waals surface area (Å²) >= 11 is 5.79. The first kappa shape index (κ1) is 21.5. The summed E-state index contributed by atoms with van der Waals surface area (Å²) in [5, 5.41) is 4.33. The summed E-state index contributed by atoms with van der Waals surface area (Å²) in [7, 11) is 4.18. The number of pyridine rings is 2. The molecule has 1 fully saturated rings. The lowest BCUT2D eigenvalue weighted by molar-refractivity contribution is 0.277. The van der Waals surface area contributed by atoms with Crippen molar-refractivity contribution in [2.45, 2.75) is 32.9 Å². The van der Waals surface area contributed by atoms with Crippen LogP contribution in [0.3, 0.4) is 0 Å². The van der Waals surface area contributed by atoms with E-state index in [2.05, 4.69) is 82.7 Å². The molecule has 3 aromatic rings. The van der Waals surface area contributed by atoms with Crippen LogP contribution in [0.4, 0.5) is 0 Å². The van der Waals surface area contributed by atoms with Gasteiger partial charge in [-0.05, 0) is 82.5 Å². The molecular weight excluding hydrogens is 404 g/mol. The normalized spacial score (nSPS) is 18.6. The minimum atomic E-state index is -0.00496. The summed E-state index contributed by atoms with van der Waals surface area (Å²) in [4.78, 5) is 13.8. The Morgan fingerprint density at radius 1 is 1.06 bits per heavy atom. The first-order valence-electron chi connectivity index (χ1n) is 10.6. The van der Waals surface area contributed by atoms with Crippen molar-refractivity contribution in [1.82, 2.24) is 29.7 Å². The Morgan fingerprint density at radius 2 is 1.84 bits per heavy atom. The maximum absolute atomic E-state index is 5.79. The Morgan fingerprint density at radius 3 is 2.52 bits per heavy atom. The number of aromatic nitrogens is 3. The van der Waals surface area contributed by atoms with Gasteiger partial charge >= 0.3 is 0 Å². The quantitative estimate of drug-likeness (QED) is 0.597. The number of nitrogens with one attached hydrogen (secondary N) is 1. The van der Waals surface area contributed by atoms with E-state index in [9.17, 15) is 0 Å². The SMILES string of the molecule is Cc1cccnc1-n1c(C)cc([C@@H]2[C@H](c3ccccn3)NC(=S)N2CCN(C)C)c1C. The van der Waals surface area contributed by atoms with Gasteiger partial charge in [-0.3, -0.25) is 4.98 Å². The van der Waals surface area contributed by atoms with Crippen molar-refractivity contribution >= 4 is 17.3 Å². The monoisotopic (exact) mass is 434 g/mol. The van der Waals surface area contributed by atoms with Crippen LogP contribution in [0.1, 0.15) is 40.3 Å². The fourth-order valence-corrected chi connectivity index (χ4v) is 4.75. The zero-order chi connectivity index (χ0) is 22.1. The van der Waals surface area contributed by atoms with Gasteiger partial charge in [-0.2, -0.15) is 0 Å². The van der Waals surface area contributed by atoms with Gasteiger partial charge < -0.3 is 19.7 Å². The third-order valence-corrected chi connectivity index (χ3v) is 6.32. The van der Waals surface area contributed by atoms with Gasteiger partial charge in [0, 0.05) is 36.9 Å². The molecular formula is C24H30N6S. The minimum absolute atomic E-state index is 0.00496. The van der Waals surface area contributed by atoms with Crippen LogP contribution in [-0.2, 0) is 0 Å². The highest BCUT2D eigenvalue weighted by Crippen LogP contribution is 2.41. The van der Waals surface area contributed by atoms with E-state index in [1.54, 1.807) is 0 Å². The molecule has 4 heterocycles. The average molecular weight is 435 g/mol. The molecule has 162 valence electrons.